The van der Waals surface area contributed by atoms with Gasteiger partial charge in [0, 0.05) is 12.7 Å². The van der Waals surface area contributed by atoms with Crippen molar-refractivity contribution in [3.8, 4) is 0 Å². The Kier molecular flexibility index (Phi) is 4.16. The first kappa shape index (κ1) is 14.0. The molecule has 0 aliphatic heterocycles. The highest BCUT2D eigenvalue weighted by molar-refractivity contribution is 7.14. The zero-order valence-corrected chi connectivity index (χ0v) is 11.7. The highest BCUT2D eigenvalue weighted by atomic mass is 32.1. The summed E-state index contributed by atoms with van der Waals surface area (Å²) in [6.07, 6.45) is -0.166. The van der Waals surface area contributed by atoms with Gasteiger partial charge in [0.05, 0.1) is 17.3 Å². The SMILES string of the molecule is COC(C)(C)c1csc(N)c1C(=O)OC(C)C. The molecule has 0 amide bonds. The molecule has 0 atom stereocenters. The number of methoxy groups -OCH3 is 1. The molecule has 0 unspecified atom stereocenters. The first-order valence-corrected chi connectivity index (χ1v) is 6.31. The summed E-state index contributed by atoms with van der Waals surface area (Å²) in [4.78, 5) is 12.0. The van der Waals surface area contributed by atoms with E-state index in [4.69, 9.17) is 15.2 Å². The quantitative estimate of drug-likeness (QED) is 0.842. The van der Waals surface area contributed by atoms with Gasteiger partial charge in [-0.3, -0.25) is 0 Å². The Hall–Kier alpha value is -1.07. The summed E-state index contributed by atoms with van der Waals surface area (Å²) in [5.41, 5.74) is 6.47. The van der Waals surface area contributed by atoms with Crippen molar-refractivity contribution in [2.45, 2.75) is 39.4 Å². The molecule has 96 valence electrons. The van der Waals surface area contributed by atoms with Gasteiger partial charge in [-0.1, -0.05) is 0 Å². The number of hydrogen-bond donors (Lipinski definition) is 1. The predicted octanol–water partition coefficient (Wildman–Crippen LogP) is 2.78. The van der Waals surface area contributed by atoms with Crippen LogP contribution in [0.1, 0.15) is 43.6 Å². The van der Waals surface area contributed by atoms with Crippen LogP contribution in [0.4, 0.5) is 5.00 Å². The van der Waals surface area contributed by atoms with Gasteiger partial charge in [-0.25, -0.2) is 4.79 Å². The van der Waals surface area contributed by atoms with Gasteiger partial charge in [-0.2, -0.15) is 0 Å². The van der Waals surface area contributed by atoms with Crippen molar-refractivity contribution in [1.29, 1.82) is 0 Å². The van der Waals surface area contributed by atoms with Crippen LogP contribution in [0.3, 0.4) is 0 Å². The molecule has 4 nitrogen and oxygen atoms in total. The Labute approximate surface area is 106 Å². The van der Waals surface area contributed by atoms with Gasteiger partial charge in [0.2, 0.25) is 0 Å². The summed E-state index contributed by atoms with van der Waals surface area (Å²) in [7, 11) is 1.60. The molecular formula is C12H19NO3S. The third-order valence-electron chi connectivity index (χ3n) is 2.53. The van der Waals surface area contributed by atoms with Crippen LogP contribution in [-0.2, 0) is 15.1 Å². The number of nitrogens with two attached hydrogens (primary N) is 1. The Morgan fingerprint density at radius 3 is 2.53 bits per heavy atom. The molecule has 1 aromatic rings. The summed E-state index contributed by atoms with van der Waals surface area (Å²) in [5, 5.41) is 2.31. The maximum atomic E-state index is 12.0. The summed E-state index contributed by atoms with van der Waals surface area (Å²) in [6, 6.07) is 0. The van der Waals surface area contributed by atoms with Crippen molar-refractivity contribution >= 4 is 22.3 Å². The van der Waals surface area contributed by atoms with E-state index < -0.39 is 5.60 Å². The largest absolute Gasteiger partial charge is 0.459 e. The van der Waals surface area contributed by atoms with E-state index in [1.54, 1.807) is 7.11 Å². The maximum absolute atomic E-state index is 12.0. The predicted molar refractivity (Wildman–Crippen MR) is 69.3 cm³/mol. The fraction of sp³-hybridized carbons (Fsp3) is 0.583. The van der Waals surface area contributed by atoms with Gasteiger partial charge in [-0.05, 0) is 33.1 Å². The average molecular weight is 257 g/mol. The lowest BCUT2D eigenvalue weighted by molar-refractivity contribution is 0.0156. The van der Waals surface area contributed by atoms with E-state index in [1.165, 1.54) is 11.3 Å². The van der Waals surface area contributed by atoms with Crippen LogP contribution in [0.5, 0.6) is 0 Å². The number of anilines is 1. The van der Waals surface area contributed by atoms with E-state index in [1.807, 2.05) is 33.1 Å². The highest BCUT2D eigenvalue weighted by Gasteiger charge is 2.30. The number of carbonyl (C=O) groups excluding carboxylic acids is 1. The minimum Gasteiger partial charge on any atom is -0.459 e. The number of carbonyl (C=O) groups is 1. The third kappa shape index (κ3) is 2.98. The second-order valence-electron chi connectivity index (χ2n) is 4.56. The van der Waals surface area contributed by atoms with Gasteiger partial charge in [0.15, 0.2) is 0 Å². The van der Waals surface area contributed by atoms with Crippen molar-refractivity contribution < 1.29 is 14.3 Å². The molecule has 5 heteroatoms. The van der Waals surface area contributed by atoms with E-state index in [0.29, 0.717) is 10.6 Å². The van der Waals surface area contributed by atoms with Crippen LogP contribution < -0.4 is 5.73 Å². The number of hydrogen-bond acceptors (Lipinski definition) is 5. The second kappa shape index (κ2) is 5.06. The fourth-order valence-corrected chi connectivity index (χ4v) is 2.37. The molecule has 0 aliphatic carbocycles. The van der Waals surface area contributed by atoms with E-state index >= 15 is 0 Å². The smallest absolute Gasteiger partial charge is 0.341 e. The molecule has 0 aliphatic rings. The minimum atomic E-state index is -0.556. The molecule has 0 saturated heterocycles. The zero-order chi connectivity index (χ0) is 13.2. The molecule has 0 bridgehead atoms. The van der Waals surface area contributed by atoms with Crippen molar-refractivity contribution in [2.75, 3.05) is 12.8 Å². The number of nitrogen functional groups attached to an aromatic ring is 1. The van der Waals surface area contributed by atoms with Gasteiger partial charge >= 0.3 is 5.97 Å². The first-order valence-electron chi connectivity index (χ1n) is 5.43. The normalized spacial score (nSPS) is 11.9. The molecule has 0 aromatic carbocycles. The fourth-order valence-electron chi connectivity index (χ4n) is 1.41. The highest BCUT2D eigenvalue weighted by Crippen LogP contribution is 2.35. The third-order valence-corrected chi connectivity index (χ3v) is 3.34. The summed E-state index contributed by atoms with van der Waals surface area (Å²) in [5.74, 6) is -0.390. The van der Waals surface area contributed by atoms with Crippen LogP contribution in [0.25, 0.3) is 0 Å². The number of rotatable bonds is 4. The molecule has 0 spiro atoms. The summed E-state index contributed by atoms with van der Waals surface area (Å²) < 4.78 is 10.6. The van der Waals surface area contributed by atoms with Crippen molar-refractivity contribution in [3.63, 3.8) is 0 Å². The number of thiophene rings is 1. The lowest BCUT2D eigenvalue weighted by Crippen LogP contribution is -2.23. The van der Waals surface area contributed by atoms with Crippen molar-refractivity contribution in [1.82, 2.24) is 0 Å². The molecular weight excluding hydrogens is 238 g/mol. The summed E-state index contributed by atoms with van der Waals surface area (Å²) in [6.45, 7) is 7.39. The molecule has 1 rings (SSSR count). The average Bonchev–Trinajstić information content (AvgIpc) is 2.59. The van der Waals surface area contributed by atoms with Gasteiger partial charge in [0.25, 0.3) is 0 Å². The first-order chi connectivity index (χ1) is 7.79. The monoisotopic (exact) mass is 257 g/mol. The van der Waals surface area contributed by atoms with Crippen LogP contribution in [0, 0.1) is 0 Å². The molecule has 1 heterocycles. The van der Waals surface area contributed by atoms with E-state index in [2.05, 4.69) is 0 Å². The Morgan fingerprint density at radius 1 is 1.47 bits per heavy atom. The van der Waals surface area contributed by atoms with Crippen LogP contribution in [0.15, 0.2) is 5.38 Å². The van der Waals surface area contributed by atoms with Crippen LogP contribution in [-0.4, -0.2) is 19.2 Å². The Morgan fingerprint density at radius 2 is 2.06 bits per heavy atom. The molecule has 1 aromatic heterocycles. The standard InChI is InChI=1S/C12H19NO3S/c1-7(2)16-11(14)9-8(6-17-10(9)13)12(3,4)15-5/h6-7H,13H2,1-5H3. The van der Waals surface area contributed by atoms with Crippen molar-refractivity contribution in [3.05, 3.63) is 16.5 Å². The molecule has 0 fully saturated rings. The Bertz CT molecular complexity index is 410. The Balaban J connectivity index is 3.15. The topological polar surface area (TPSA) is 61.5 Å². The van der Waals surface area contributed by atoms with Gasteiger partial charge < -0.3 is 15.2 Å². The molecule has 0 radical (unpaired) electrons. The van der Waals surface area contributed by atoms with Crippen LogP contribution >= 0.6 is 11.3 Å². The molecule has 17 heavy (non-hydrogen) atoms. The van der Waals surface area contributed by atoms with Crippen LogP contribution in [0.2, 0.25) is 0 Å². The minimum absolute atomic E-state index is 0.166. The number of ether oxygens (including phenoxy) is 2. The van der Waals surface area contributed by atoms with E-state index in [9.17, 15) is 4.79 Å². The second-order valence-corrected chi connectivity index (χ2v) is 5.47. The molecule has 2 N–H and O–H groups in total. The van der Waals surface area contributed by atoms with E-state index in [-0.39, 0.29) is 12.1 Å². The maximum Gasteiger partial charge on any atom is 0.341 e. The summed E-state index contributed by atoms with van der Waals surface area (Å²) >= 11 is 1.33. The lowest BCUT2D eigenvalue weighted by atomic mass is 9.96. The number of esters is 1. The molecule has 0 saturated carbocycles. The van der Waals surface area contributed by atoms with Crippen molar-refractivity contribution in [2.24, 2.45) is 0 Å². The lowest BCUT2D eigenvalue weighted by Gasteiger charge is -2.23. The zero-order valence-electron chi connectivity index (χ0n) is 10.9. The van der Waals surface area contributed by atoms with Gasteiger partial charge in [0.1, 0.15) is 5.00 Å². The van der Waals surface area contributed by atoms with Gasteiger partial charge in [-0.15, -0.1) is 11.3 Å². The van der Waals surface area contributed by atoms with E-state index in [0.717, 1.165) is 5.56 Å².